The van der Waals surface area contributed by atoms with Crippen molar-refractivity contribution in [1.82, 2.24) is 0 Å². The zero-order valence-electron chi connectivity index (χ0n) is 38.5. The molecule has 0 rings (SSSR count). The largest absolute Gasteiger partial charge is 0.369 e. The molecule has 0 saturated heterocycles. The van der Waals surface area contributed by atoms with Gasteiger partial charge in [-0.3, -0.25) is 0 Å². The first-order valence-corrected chi connectivity index (χ1v) is 25.8. The van der Waals surface area contributed by atoms with E-state index >= 15 is 0 Å². The Morgan fingerprint density at radius 3 is 0.472 bits per heavy atom. The van der Waals surface area contributed by atoms with E-state index in [0.29, 0.717) is 0 Å². The molecule has 0 N–H and O–H groups in total. The Labute approximate surface area is 338 Å². The topological polar surface area (TPSA) is 9.23 Å². The van der Waals surface area contributed by atoms with Gasteiger partial charge in [-0.05, 0) is 38.5 Å². The van der Waals surface area contributed by atoms with Crippen LogP contribution in [0.2, 0.25) is 0 Å². The third kappa shape index (κ3) is 33.8. The molecule has 1 nitrogen and oxygen atoms in total. The van der Waals surface area contributed by atoms with Crippen molar-refractivity contribution >= 4 is 0 Å². The minimum Gasteiger partial charge on any atom is -0.369 e. The van der Waals surface area contributed by atoms with Gasteiger partial charge in [-0.2, -0.15) is 0 Å². The normalized spacial score (nSPS) is 12.3. The third-order valence-corrected chi connectivity index (χ3v) is 12.8. The fourth-order valence-corrected chi connectivity index (χ4v) is 9.23. The zero-order chi connectivity index (χ0) is 38.8. The minimum absolute atomic E-state index is 0.102. The van der Waals surface area contributed by atoms with Crippen LogP contribution in [0.4, 0.5) is 0 Å². The lowest BCUT2D eigenvalue weighted by atomic mass is 9.80. The second-order valence-corrected chi connectivity index (χ2v) is 18.3. The summed E-state index contributed by atoms with van der Waals surface area (Å²) >= 11 is 0. The lowest BCUT2D eigenvalue weighted by Gasteiger charge is -2.46. The molecule has 320 valence electrons. The molecule has 0 fully saturated rings. The number of unbranched alkanes of at least 4 members (excludes halogenated alkanes) is 32. The molecule has 0 heterocycles. The maximum atomic E-state index is 8.23. The van der Waals surface area contributed by atoms with Gasteiger partial charge in [0.05, 0.1) is 11.2 Å². The average molecular weight is 747 g/mol. The van der Waals surface area contributed by atoms with Gasteiger partial charge >= 0.3 is 0 Å². The van der Waals surface area contributed by atoms with Crippen molar-refractivity contribution in [1.29, 1.82) is 0 Å². The van der Waals surface area contributed by atoms with Crippen LogP contribution in [0.15, 0.2) is 0 Å². The van der Waals surface area contributed by atoms with Gasteiger partial charge in [0.25, 0.3) is 0 Å². The van der Waals surface area contributed by atoms with E-state index in [-0.39, 0.29) is 11.2 Å². The Bertz CT molecular complexity index is 580. The summed E-state index contributed by atoms with van der Waals surface area (Å²) in [6.45, 7) is 14.1. The van der Waals surface area contributed by atoms with Gasteiger partial charge in [0.15, 0.2) is 0 Å². The van der Waals surface area contributed by atoms with Crippen LogP contribution in [-0.4, -0.2) is 11.2 Å². The smallest absolute Gasteiger partial charge is 0.0690 e. The maximum absolute atomic E-state index is 8.23. The van der Waals surface area contributed by atoms with Gasteiger partial charge in [0, 0.05) is 0 Å². The van der Waals surface area contributed by atoms with E-state index in [1.807, 2.05) is 0 Å². The van der Waals surface area contributed by atoms with Crippen molar-refractivity contribution in [2.45, 2.75) is 335 Å². The van der Waals surface area contributed by atoms with Crippen LogP contribution in [0.5, 0.6) is 0 Å². The van der Waals surface area contributed by atoms with Crippen LogP contribution >= 0.6 is 0 Å². The average Bonchev–Trinajstić information content (AvgIpc) is 3.16. The number of hydrogen-bond donors (Lipinski definition) is 0. The van der Waals surface area contributed by atoms with Crippen molar-refractivity contribution in [2.24, 2.45) is 0 Å². The van der Waals surface area contributed by atoms with E-state index in [2.05, 4.69) is 41.5 Å². The van der Waals surface area contributed by atoms with Crippen LogP contribution in [0.25, 0.3) is 0 Å². The minimum atomic E-state index is 0.102. The monoisotopic (exact) mass is 747 g/mol. The fraction of sp³-hybridized carbons (Fsp3) is 1.00. The van der Waals surface area contributed by atoms with Crippen LogP contribution in [0, 0.1) is 0 Å². The summed E-state index contributed by atoms with van der Waals surface area (Å²) in [5, 5.41) is 0. The Morgan fingerprint density at radius 2 is 0.321 bits per heavy atom. The second kappa shape index (κ2) is 41.6. The number of ether oxygens (including phenoxy) is 1. The zero-order valence-corrected chi connectivity index (χ0v) is 38.5. The van der Waals surface area contributed by atoms with Crippen LogP contribution < -0.4 is 0 Å². The lowest BCUT2D eigenvalue weighted by molar-refractivity contribution is -0.182. The highest BCUT2D eigenvalue weighted by molar-refractivity contribution is 4.90. The highest BCUT2D eigenvalue weighted by Crippen LogP contribution is 2.43. The molecule has 0 spiro atoms. The number of hydrogen-bond acceptors (Lipinski definition) is 1. The van der Waals surface area contributed by atoms with Gasteiger partial charge in [0.2, 0.25) is 0 Å². The molecule has 0 radical (unpaired) electrons. The predicted octanol–water partition coefficient (Wildman–Crippen LogP) is 19.8. The highest BCUT2D eigenvalue weighted by atomic mass is 16.5. The Morgan fingerprint density at radius 1 is 0.189 bits per heavy atom. The lowest BCUT2D eigenvalue weighted by Crippen LogP contribution is -2.45. The predicted molar refractivity (Wildman–Crippen MR) is 244 cm³/mol. The second-order valence-electron chi connectivity index (χ2n) is 18.3. The molecule has 0 amide bonds. The van der Waals surface area contributed by atoms with Crippen molar-refractivity contribution in [3.05, 3.63) is 0 Å². The standard InChI is InChI=1S/C52H106O/c1-7-13-19-25-31-37-43-49-51(45-39-33-27-21-15-9-3,46-40-34-28-22-16-10-4)53-52(47-41-35-29-23-17-11-5,48-42-36-30-24-18-12-6)50-44-38-32-26-20-14-8-2/h7-50H2,1-6H3. The molecule has 0 atom stereocenters. The van der Waals surface area contributed by atoms with Crippen LogP contribution in [-0.2, 0) is 4.74 Å². The van der Waals surface area contributed by atoms with Crippen molar-refractivity contribution in [3.63, 3.8) is 0 Å². The first kappa shape index (κ1) is 53.0. The highest BCUT2D eigenvalue weighted by Gasteiger charge is 2.40. The van der Waals surface area contributed by atoms with Gasteiger partial charge in [0.1, 0.15) is 0 Å². The first-order valence-electron chi connectivity index (χ1n) is 25.8. The summed E-state index contributed by atoms with van der Waals surface area (Å²) in [5.41, 5.74) is 0.203. The summed E-state index contributed by atoms with van der Waals surface area (Å²) in [6, 6.07) is 0. The van der Waals surface area contributed by atoms with Gasteiger partial charge in [-0.25, -0.2) is 0 Å². The molecule has 0 aromatic rings. The van der Waals surface area contributed by atoms with Gasteiger partial charge < -0.3 is 4.74 Å². The van der Waals surface area contributed by atoms with E-state index in [1.165, 1.54) is 283 Å². The summed E-state index contributed by atoms with van der Waals surface area (Å²) < 4.78 is 8.23. The summed E-state index contributed by atoms with van der Waals surface area (Å²) in [5.74, 6) is 0. The van der Waals surface area contributed by atoms with E-state index < -0.39 is 0 Å². The SMILES string of the molecule is CCCCCCCCCC(CCCCCCCC)(CCCCCCCC)OC(CCCCCCCC)(CCCCCCCC)CCCCCCCCC. The van der Waals surface area contributed by atoms with Crippen molar-refractivity contribution < 1.29 is 4.74 Å². The molecule has 53 heavy (non-hydrogen) atoms. The molecule has 0 unspecified atom stereocenters. The summed E-state index contributed by atoms with van der Waals surface area (Å²) in [6.07, 6.45) is 61.4. The molecule has 0 aromatic heterocycles. The van der Waals surface area contributed by atoms with Gasteiger partial charge in [-0.1, -0.05) is 286 Å². The molecule has 0 aliphatic carbocycles. The first-order chi connectivity index (χ1) is 26.1. The summed E-state index contributed by atoms with van der Waals surface area (Å²) in [7, 11) is 0. The number of rotatable bonds is 46. The molecule has 0 aliphatic heterocycles. The van der Waals surface area contributed by atoms with Crippen LogP contribution in [0.1, 0.15) is 324 Å². The molecule has 0 saturated carbocycles. The van der Waals surface area contributed by atoms with Crippen molar-refractivity contribution in [2.75, 3.05) is 0 Å². The van der Waals surface area contributed by atoms with E-state index in [1.54, 1.807) is 0 Å². The quantitative estimate of drug-likeness (QED) is 0.0564. The van der Waals surface area contributed by atoms with Crippen LogP contribution in [0.3, 0.4) is 0 Å². The Kier molecular flexibility index (Phi) is 41.6. The summed E-state index contributed by atoms with van der Waals surface area (Å²) in [4.78, 5) is 0. The molecular weight excluding hydrogens is 641 g/mol. The Balaban J connectivity index is 6.37. The van der Waals surface area contributed by atoms with Crippen molar-refractivity contribution in [3.8, 4) is 0 Å². The van der Waals surface area contributed by atoms with E-state index in [4.69, 9.17) is 4.74 Å². The Hall–Kier alpha value is -0.0400. The van der Waals surface area contributed by atoms with E-state index in [0.717, 1.165) is 0 Å². The molecular formula is C52H106O. The molecule has 0 bridgehead atoms. The third-order valence-electron chi connectivity index (χ3n) is 12.8. The molecule has 0 aromatic carbocycles. The molecule has 0 aliphatic rings. The van der Waals surface area contributed by atoms with E-state index in [9.17, 15) is 0 Å². The molecule has 1 heteroatoms. The fourth-order valence-electron chi connectivity index (χ4n) is 9.23. The maximum Gasteiger partial charge on any atom is 0.0690 e. The van der Waals surface area contributed by atoms with Gasteiger partial charge in [-0.15, -0.1) is 0 Å².